The number of phenols is 1. The van der Waals surface area contributed by atoms with Crippen LogP contribution in [0.2, 0.25) is 0 Å². The molecule has 4 amide bonds. The minimum absolute atomic E-state index is 0.0481. The van der Waals surface area contributed by atoms with Crippen molar-refractivity contribution in [3.63, 3.8) is 0 Å². The van der Waals surface area contributed by atoms with Crippen LogP contribution in [0.1, 0.15) is 25.3 Å². The monoisotopic (exact) mass is 511 g/mol. The first kappa shape index (κ1) is 29.8. The fourth-order valence-electron chi connectivity index (χ4n) is 2.96. The number of primary amides is 1. The van der Waals surface area contributed by atoms with Crippen LogP contribution in [0.3, 0.4) is 0 Å². The predicted molar refractivity (Wildman–Crippen MR) is 121 cm³/mol. The standard InChI is InChI=1S/C21H29N5O10/c1-9(27)17(20(34)25-14(21(35)36)6-10-2-4-11(28)5-3-10)26-19(33)13(8-15(23)29)24-18(32)12(22)7-16(30)31/h2-5,9,12-14,17,27-28H,6-8,22H2,1H3,(H2,23,29)(H,24,32)(H,25,34)(H,26,33)(H,30,31)(H,35,36). The van der Waals surface area contributed by atoms with Gasteiger partial charge in [-0.1, -0.05) is 12.1 Å². The van der Waals surface area contributed by atoms with E-state index in [1.165, 1.54) is 24.3 Å². The van der Waals surface area contributed by atoms with Crippen LogP contribution in [-0.2, 0) is 35.2 Å². The molecule has 36 heavy (non-hydrogen) atoms. The van der Waals surface area contributed by atoms with Crippen LogP contribution >= 0.6 is 0 Å². The maximum atomic E-state index is 12.7. The van der Waals surface area contributed by atoms with E-state index < -0.39 is 78.7 Å². The van der Waals surface area contributed by atoms with E-state index in [1.807, 2.05) is 0 Å². The topological polar surface area (TPSA) is 271 Å². The Labute approximate surface area is 204 Å². The van der Waals surface area contributed by atoms with Crippen LogP contribution in [-0.4, -0.2) is 86.3 Å². The maximum absolute atomic E-state index is 12.7. The minimum atomic E-state index is -1.71. The second-order valence-corrected chi connectivity index (χ2v) is 7.93. The summed E-state index contributed by atoms with van der Waals surface area (Å²) in [5.74, 6) is -7.20. The lowest BCUT2D eigenvalue weighted by atomic mass is 10.0. The number of carbonyl (C=O) groups excluding carboxylic acids is 4. The van der Waals surface area contributed by atoms with Gasteiger partial charge in [0.05, 0.1) is 25.0 Å². The highest BCUT2D eigenvalue weighted by molar-refractivity contribution is 5.96. The summed E-state index contributed by atoms with van der Waals surface area (Å²) in [4.78, 5) is 71.3. The zero-order valence-corrected chi connectivity index (χ0v) is 19.2. The number of carboxylic acid groups (broad SMARTS) is 2. The number of nitrogens with one attached hydrogen (secondary N) is 3. The van der Waals surface area contributed by atoms with Gasteiger partial charge in [-0.25, -0.2) is 4.79 Å². The van der Waals surface area contributed by atoms with Crippen LogP contribution in [0.15, 0.2) is 24.3 Å². The molecule has 5 unspecified atom stereocenters. The number of aliphatic carboxylic acids is 2. The third-order valence-electron chi connectivity index (χ3n) is 4.82. The SMILES string of the molecule is CC(O)C(NC(=O)C(CC(N)=O)NC(=O)C(N)CC(=O)O)C(=O)NC(Cc1ccc(O)cc1)C(=O)O. The fraction of sp³-hybridized carbons (Fsp3) is 0.429. The smallest absolute Gasteiger partial charge is 0.326 e. The van der Waals surface area contributed by atoms with Crippen molar-refractivity contribution in [1.82, 2.24) is 16.0 Å². The number of aliphatic hydroxyl groups excluding tert-OH is 1. The maximum Gasteiger partial charge on any atom is 0.326 e. The van der Waals surface area contributed by atoms with E-state index in [1.54, 1.807) is 0 Å². The predicted octanol–water partition coefficient (Wildman–Crippen LogP) is -3.47. The molecule has 0 bridgehead atoms. The Morgan fingerprint density at radius 1 is 0.861 bits per heavy atom. The molecule has 198 valence electrons. The summed E-state index contributed by atoms with van der Waals surface area (Å²) in [6.07, 6.45) is -3.25. The fourth-order valence-corrected chi connectivity index (χ4v) is 2.96. The van der Waals surface area contributed by atoms with Gasteiger partial charge in [0, 0.05) is 6.42 Å². The van der Waals surface area contributed by atoms with Gasteiger partial charge in [-0.2, -0.15) is 0 Å². The lowest BCUT2D eigenvalue weighted by molar-refractivity contribution is -0.143. The molecule has 15 heteroatoms. The highest BCUT2D eigenvalue weighted by atomic mass is 16.4. The highest BCUT2D eigenvalue weighted by Crippen LogP contribution is 2.12. The number of hydrogen-bond donors (Lipinski definition) is 9. The average Bonchev–Trinajstić information content (AvgIpc) is 2.76. The van der Waals surface area contributed by atoms with Crippen molar-refractivity contribution < 1.29 is 49.2 Å². The van der Waals surface area contributed by atoms with Crippen molar-refractivity contribution >= 4 is 35.6 Å². The molecule has 1 aromatic carbocycles. The number of aliphatic hydroxyl groups is 1. The first-order valence-corrected chi connectivity index (χ1v) is 10.6. The van der Waals surface area contributed by atoms with Crippen molar-refractivity contribution in [3.8, 4) is 5.75 Å². The summed E-state index contributed by atoms with van der Waals surface area (Å²) in [5.41, 5.74) is 11.0. The van der Waals surface area contributed by atoms with Gasteiger partial charge in [0.15, 0.2) is 0 Å². The molecule has 0 saturated heterocycles. The molecule has 0 spiro atoms. The van der Waals surface area contributed by atoms with E-state index in [-0.39, 0.29) is 12.2 Å². The van der Waals surface area contributed by atoms with Crippen LogP contribution in [0, 0.1) is 0 Å². The number of carbonyl (C=O) groups is 6. The summed E-state index contributed by atoms with van der Waals surface area (Å²) >= 11 is 0. The lowest BCUT2D eigenvalue weighted by Crippen LogP contribution is -2.60. The third kappa shape index (κ3) is 9.94. The van der Waals surface area contributed by atoms with Gasteiger partial charge in [0.25, 0.3) is 0 Å². The first-order chi connectivity index (χ1) is 16.7. The van der Waals surface area contributed by atoms with Gasteiger partial charge in [0.2, 0.25) is 23.6 Å². The molecular weight excluding hydrogens is 482 g/mol. The van der Waals surface area contributed by atoms with E-state index in [4.69, 9.17) is 16.6 Å². The van der Waals surface area contributed by atoms with Gasteiger partial charge in [-0.3, -0.25) is 24.0 Å². The van der Waals surface area contributed by atoms with E-state index in [9.17, 15) is 44.1 Å². The number of benzene rings is 1. The Kier molecular flexibility index (Phi) is 11.3. The number of carboxylic acids is 2. The lowest BCUT2D eigenvalue weighted by Gasteiger charge is -2.26. The number of phenolic OH excluding ortho intramolecular Hbond substituents is 1. The molecule has 0 heterocycles. The molecule has 1 rings (SSSR count). The average molecular weight is 511 g/mol. The Bertz CT molecular complexity index is 982. The minimum Gasteiger partial charge on any atom is -0.508 e. The molecule has 5 atom stereocenters. The van der Waals surface area contributed by atoms with Gasteiger partial charge in [-0.05, 0) is 24.6 Å². The molecule has 0 aromatic heterocycles. The van der Waals surface area contributed by atoms with Crippen molar-refractivity contribution in [1.29, 1.82) is 0 Å². The number of amides is 4. The van der Waals surface area contributed by atoms with Gasteiger partial charge < -0.3 is 47.8 Å². The van der Waals surface area contributed by atoms with Gasteiger partial charge >= 0.3 is 11.9 Å². The van der Waals surface area contributed by atoms with Crippen LogP contribution in [0.25, 0.3) is 0 Å². The Morgan fingerprint density at radius 3 is 1.89 bits per heavy atom. The number of nitrogens with two attached hydrogens (primary N) is 2. The Morgan fingerprint density at radius 2 is 1.42 bits per heavy atom. The van der Waals surface area contributed by atoms with Crippen LogP contribution in [0.4, 0.5) is 0 Å². The second kappa shape index (κ2) is 13.6. The molecule has 0 saturated carbocycles. The van der Waals surface area contributed by atoms with E-state index in [2.05, 4.69) is 16.0 Å². The molecule has 0 radical (unpaired) electrons. The van der Waals surface area contributed by atoms with Crippen LogP contribution < -0.4 is 27.4 Å². The molecule has 0 aliphatic rings. The van der Waals surface area contributed by atoms with Crippen molar-refractivity contribution in [3.05, 3.63) is 29.8 Å². The summed E-state index contributed by atoms with van der Waals surface area (Å²) in [7, 11) is 0. The van der Waals surface area contributed by atoms with Crippen LogP contribution in [0.5, 0.6) is 5.75 Å². The van der Waals surface area contributed by atoms with Crippen molar-refractivity contribution in [2.24, 2.45) is 11.5 Å². The molecule has 11 N–H and O–H groups in total. The zero-order valence-electron chi connectivity index (χ0n) is 19.2. The van der Waals surface area contributed by atoms with Crippen molar-refractivity contribution in [2.45, 2.75) is 56.5 Å². The molecule has 0 aliphatic carbocycles. The van der Waals surface area contributed by atoms with Crippen molar-refractivity contribution in [2.75, 3.05) is 0 Å². The molecule has 0 aliphatic heterocycles. The first-order valence-electron chi connectivity index (χ1n) is 10.6. The largest absolute Gasteiger partial charge is 0.508 e. The highest BCUT2D eigenvalue weighted by Gasteiger charge is 2.33. The van der Waals surface area contributed by atoms with E-state index in [0.29, 0.717) is 5.56 Å². The summed E-state index contributed by atoms with van der Waals surface area (Å²) in [6, 6.07) is -0.882. The molecule has 1 aromatic rings. The molecule has 0 fully saturated rings. The van der Waals surface area contributed by atoms with E-state index in [0.717, 1.165) is 6.92 Å². The summed E-state index contributed by atoms with van der Waals surface area (Å²) < 4.78 is 0. The molecular formula is C21H29N5O10. The second-order valence-electron chi connectivity index (χ2n) is 7.93. The summed E-state index contributed by atoms with van der Waals surface area (Å²) in [6.45, 7) is 1.13. The third-order valence-corrected chi connectivity index (χ3v) is 4.82. The van der Waals surface area contributed by atoms with E-state index >= 15 is 0 Å². The van der Waals surface area contributed by atoms with Gasteiger partial charge in [0.1, 0.15) is 23.9 Å². The Hall–Kier alpha value is -4.24. The number of rotatable bonds is 14. The summed E-state index contributed by atoms with van der Waals surface area (Å²) in [5, 5.41) is 43.9. The Balaban J connectivity index is 2.98. The van der Waals surface area contributed by atoms with Gasteiger partial charge in [-0.15, -0.1) is 0 Å². The number of aromatic hydroxyl groups is 1. The molecule has 15 nitrogen and oxygen atoms in total. The zero-order chi connectivity index (χ0) is 27.6. The quantitative estimate of drug-likeness (QED) is 0.118. The normalized spacial score (nSPS) is 14.9. The number of hydrogen-bond acceptors (Lipinski definition) is 9.